The number of rotatable bonds is 6. The Hall–Kier alpha value is -2.65. The zero-order valence-electron chi connectivity index (χ0n) is 14.5. The first-order valence-electron chi connectivity index (χ1n) is 8.13. The SMILES string of the molecule is CC(C)[C@H](NC(=O)c1ccc(Br)cc1)C(=O)OCc1cccc(C#N)c1. The third-order valence-electron chi connectivity index (χ3n) is 3.75. The van der Waals surface area contributed by atoms with Crippen molar-refractivity contribution in [2.75, 3.05) is 0 Å². The summed E-state index contributed by atoms with van der Waals surface area (Å²) in [5.74, 6) is -0.972. The van der Waals surface area contributed by atoms with Gasteiger partial charge in [-0.05, 0) is 47.9 Å². The van der Waals surface area contributed by atoms with Crippen LogP contribution in [0.15, 0.2) is 53.0 Å². The maximum atomic E-state index is 12.4. The van der Waals surface area contributed by atoms with Crippen LogP contribution in [0, 0.1) is 17.2 Å². The van der Waals surface area contributed by atoms with E-state index in [-0.39, 0.29) is 18.4 Å². The second-order valence-electron chi connectivity index (χ2n) is 6.12. The van der Waals surface area contributed by atoms with Crippen molar-refractivity contribution in [2.45, 2.75) is 26.5 Å². The molecule has 0 unspecified atom stereocenters. The quantitative estimate of drug-likeness (QED) is 0.728. The predicted molar refractivity (Wildman–Crippen MR) is 101 cm³/mol. The van der Waals surface area contributed by atoms with Gasteiger partial charge in [-0.15, -0.1) is 0 Å². The summed E-state index contributed by atoms with van der Waals surface area (Å²) in [6.07, 6.45) is 0. The summed E-state index contributed by atoms with van der Waals surface area (Å²) >= 11 is 3.32. The van der Waals surface area contributed by atoms with Crippen LogP contribution in [0.1, 0.15) is 35.3 Å². The van der Waals surface area contributed by atoms with Crippen molar-refractivity contribution >= 4 is 27.8 Å². The summed E-state index contributed by atoms with van der Waals surface area (Å²) < 4.78 is 6.21. The number of halogens is 1. The van der Waals surface area contributed by atoms with Crippen molar-refractivity contribution in [1.82, 2.24) is 5.32 Å². The van der Waals surface area contributed by atoms with E-state index >= 15 is 0 Å². The lowest BCUT2D eigenvalue weighted by Gasteiger charge is -2.21. The van der Waals surface area contributed by atoms with Crippen LogP contribution in [0.4, 0.5) is 0 Å². The van der Waals surface area contributed by atoms with Crippen LogP contribution in [-0.2, 0) is 16.1 Å². The summed E-state index contributed by atoms with van der Waals surface area (Å²) in [5, 5.41) is 11.6. The van der Waals surface area contributed by atoms with Crippen LogP contribution < -0.4 is 5.32 Å². The minimum Gasteiger partial charge on any atom is -0.459 e. The molecule has 0 aromatic heterocycles. The average Bonchev–Trinajstić information content (AvgIpc) is 2.64. The van der Waals surface area contributed by atoms with E-state index in [4.69, 9.17) is 10.00 Å². The van der Waals surface area contributed by atoms with Crippen LogP contribution in [0.25, 0.3) is 0 Å². The highest BCUT2D eigenvalue weighted by Gasteiger charge is 2.26. The van der Waals surface area contributed by atoms with Gasteiger partial charge in [0, 0.05) is 10.0 Å². The number of nitrogens with zero attached hydrogens (tertiary/aromatic N) is 1. The largest absolute Gasteiger partial charge is 0.459 e. The van der Waals surface area contributed by atoms with E-state index in [1.807, 2.05) is 19.9 Å². The Kier molecular flexibility index (Phi) is 6.93. The van der Waals surface area contributed by atoms with Gasteiger partial charge in [-0.1, -0.05) is 41.9 Å². The number of hydrogen-bond acceptors (Lipinski definition) is 4. The molecular formula is C20H19BrN2O3. The van der Waals surface area contributed by atoms with Crippen molar-refractivity contribution in [1.29, 1.82) is 5.26 Å². The molecule has 134 valence electrons. The molecule has 0 fully saturated rings. The summed E-state index contributed by atoms with van der Waals surface area (Å²) in [4.78, 5) is 24.8. The highest BCUT2D eigenvalue weighted by molar-refractivity contribution is 9.10. The minimum atomic E-state index is -0.759. The zero-order valence-corrected chi connectivity index (χ0v) is 16.1. The minimum absolute atomic E-state index is 0.0473. The lowest BCUT2D eigenvalue weighted by atomic mass is 10.0. The van der Waals surface area contributed by atoms with Crippen LogP contribution in [0.2, 0.25) is 0 Å². The summed E-state index contributed by atoms with van der Waals surface area (Å²) in [5.41, 5.74) is 1.69. The summed E-state index contributed by atoms with van der Waals surface area (Å²) in [6.45, 7) is 3.72. The molecule has 1 atom stereocenters. The Balaban J connectivity index is 2.01. The highest BCUT2D eigenvalue weighted by atomic mass is 79.9. The molecule has 0 radical (unpaired) electrons. The second-order valence-corrected chi connectivity index (χ2v) is 7.04. The number of nitriles is 1. The Morgan fingerprint density at radius 2 is 1.88 bits per heavy atom. The molecule has 0 bridgehead atoms. The van der Waals surface area contributed by atoms with E-state index in [0.717, 1.165) is 10.0 Å². The van der Waals surface area contributed by atoms with Crippen LogP contribution in [0.3, 0.4) is 0 Å². The Morgan fingerprint density at radius 1 is 1.19 bits per heavy atom. The van der Waals surface area contributed by atoms with Crippen molar-refractivity contribution in [3.05, 3.63) is 69.7 Å². The molecule has 2 aromatic carbocycles. The van der Waals surface area contributed by atoms with Gasteiger partial charge in [0.1, 0.15) is 12.6 Å². The molecule has 6 heteroatoms. The fraction of sp³-hybridized carbons (Fsp3) is 0.250. The Morgan fingerprint density at radius 3 is 2.50 bits per heavy atom. The molecule has 0 saturated heterocycles. The molecule has 1 amide bonds. The maximum Gasteiger partial charge on any atom is 0.329 e. The Bertz CT molecular complexity index is 826. The molecule has 0 aliphatic heterocycles. The average molecular weight is 415 g/mol. The van der Waals surface area contributed by atoms with E-state index in [9.17, 15) is 9.59 Å². The number of carbonyl (C=O) groups is 2. The van der Waals surface area contributed by atoms with E-state index < -0.39 is 12.0 Å². The molecule has 26 heavy (non-hydrogen) atoms. The van der Waals surface area contributed by atoms with E-state index in [0.29, 0.717) is 11.1 Å². The maximum absolute atomic E-state index is 12.4. The van der Waals surface area contributed by atoms with Gasteiger partial charge in [0.05, 0.1) is 11.6 Å². The summed E-state index contributed by atoms with van der Waals surface area (Å²) in [7, 11) is 0. The molecular weight excluding hydrogens is 396 g/mol. The lowest BCUT2D eigenvalue weighted by Crippen LogP contribution is -2.45. The van der Waals surface area contributed by atoms with Crippen molar-refractivity contribution < 1.29 is 14.3 Å². The van der Waals surface area contributed by atoms with Gasteiger partial charge in [-0.2, -0.15) is 5.26 Å². The van der Waals surface area contributed by atoms with Gasteiger partial charge < -0.3 is 10.1 Å². The first kappa shape index (κ1) is 19.7. The number of carbonyl (C=O) groups excluding carboxylic acids is 2. The number of benzene rings is 2. The fourth-order valence-electron chi connectivity index (χ4n) is 2.30. The molecule has 0 aliphatic rings. The van der Waals surface area contributed by atoms with Crippen molar-refractivity contribution in [3.63, 3.8) is 0 Å². The van der Waals surface area contributed by atoms with E-state index in [1.165, 1.54) is 0 Å². The van der Waals surface area contributed by atoms with Gasteiger partial charge in [0.25, 0.3) is 5.91 Å². The third kappa shape index (κ3) is 5.43. The smallest absolute Gasteiger partial charge is 0.329 e. The number of ether oxygens (including phenoxy) is 1. The molecule has 0 aliphatic carbocycles. The topological polar surface area (TPSA) is 79.2 Å². The van der Waals surface area contributed by atoms with Gasteiger partial charge in [-0.3, -0.25) is 4.79 Å². The van der Waals surface area contributed by atoms with Gasteiger partial charge in [0.15, 0.2) is 0 Å². The van der Waals surface area contributed by atoms with Gasteiger partial charge >= 0.3 is 5.97 Å². The van der Waals surface area contributed by atoms with Crippen molar-refractivity contribution in [3.8, 4) is 6.07 Å². The fourth-order valence-corrected chi connectivity index (χ4v) is 2.56. The van der Waals surface area contributed by atoms with Crippen LogP contribution in [-0.4, -0.2) is 17.9 Å². The molecule has 1 N–H and O–H groups in total. The first-order valence-corrected chi connectivity index (χ1v) is 8.92. The first-order chi connectivity index (χ1) is 12.4. The predicted octanol–water partition coefficient (Wildman–Crippen LogP) is 3.82. The van der Waals surface area contributed by atoms with Gasteiger partial charge in [-0.25, -0.2) is 4.79 Å². The van der Waals surface area contributed by atoms with Crippen LogP contribution >= 0.6 is 15.9 Å². The Labute approximate surface area is 161 Å². The number of amides is 1. The van der Waals surface area contributed by atoms with E-state index in [2.05, 4.69) is 21.2 Å². The van der Waals surface area contributed by atoms with Crippen LogP contribution in [0.5, 0.6) is 0 Å². The third-order valence-corrected chi connectivity index (χ3v) is 4.28. The van der Waals surface area contributed by atoms with Crippen molar-refractivity contribution in [2.24, 2.45) is 5.92 Å². The van der Waals surface area contributed by atoms with Gasteiger partial charge in [0.2, 0.25) is 0 Å². The molecule has 0 spiro atoms. The number of hydrogen-bond donors (Lipinski definition) is 1. The second kappa shape index (κ2) is 9.16. The van der Waals surface area contributed by atoms with E-state index in [1.54, 1.807) is 48.5 Å². The number of nitrogens with one attached hydrogen (secondary N) is 1. The lowest BCUT2D eigenvalue weighted by molar-refractivity contribution is -0.148. The molecule has 5 nitrogen and oxygen atoms in total. The molecule has 0 heterocycles. The standard InChI is InChI=1S/C20H19BrN2O3/c1-13(2)18(23-19(24)16-6-8-17(21)9-7-16)20(25)26-12-15-5-3-4-14(10-15)11-22/h3-10,13,18H,12H2,1-2H3,(H,23,24)/t18-/m0/s1. The monoisotopic (exact) mass is 414 g/mol. The molecule has 2 aromatic rings. The normalized spacial score (nSPS) is 11.5. The molecule has 2 rings (SSSR count). The number of esters is 1. The summed E-state index contributed by atoms with van der Waals surface area (Å²) in [6, 6.07) is 15.0. The highest BCUT2D eigenvalue weighted by Crippen LogP contribution is 2.13. The molecule has 0 saturated carbocycles. The zero-order chi connectivity index (χ0) is 19.1.